The van der Waals surface area contributed by atoms with Gasteiger partial charge in [0.15, 0.2) is 0 Å². The minimum atomic E-state index is 1.10. The Morgan fingerprint density at radius 2 is 2.20 bits per heavy atom. The summed E-state index contributed by atoms with van der Waals surface area (Å²) < 4.78 is 1.22. The number of hydrogen-bond acceptors (Lipinski definition) is 0. The summed E-state index contributed by atoms with van der Waals surface area (Å²) in [6.45, 7) is 7.91. The van der Waals surface area contributed by atoms with E-state index in [1.165, 1.54) is 9.15 Å². The normalized spacial score (nSPS) is 13.5. The second-order valence-corrected chi connectivity index (χ2v) is 3.21. The number of halogens is 1. The summed E-state index contributed by atoms with van der Waals surface area (Å²) in [5, 5.41) is 0. The molecule has 0 heterocycles. The second kappa shape index (κ2) is 5.71. The van der Waals surface area contributed by atoms with Crippen molar-refractivity contribution in [3.05, 3.63) is 34.0 Å². The van der Waals surface area contributed by atoms with Crippen LogP contribution in [0, 0.1) is 0 Å². The van der Waals surface area contributed by atoms with Gasteiger partial charge in [0.05, 0.1) is 0 Å². The Balaban J connectivity index is 4.17. The summed E-state index contributed by atoms with van der Waals surface area (Å²) in [7, 11) is 0. The first-order valence-corrected chi connectivity index (χ1v) is 4.45. The molecule has 0 atom stereocenters. The molecule has 0 N–H and O–H groups in total. The molecule has 0 aromatic carbocycles. The minimum Gasteiger partial charge on any atom is -0.0980 e. The van der Waals surface area contributed by atoms with Crippen LogP contribution < -0.4 is 0 Å². The summed E-state index contributed by atoms with van der Waals surface area (Å²) in [4.78, 5) is 0. The van der Waals surface area contributed by atoms with E-state index >= 15 is 0 Å². The van der Waals surface area contributed by atoms with Crippen molar-refractivity contribution in [2.75, 3.05) is 0 Å². The van der Waals surface area contributed by atoms with E-state index in [0.717, 1.165) is 6.42 Å². The van der Waals surface area contributed by atoms with Crippen LogP contribution >= 0.6 is 22.6 Å². The van der Waals surface area contributed by atoms with Crippen molar-refractivity contribution >= 4 is 22.6 Å². The van der Waals surface area contributed by atoms with E-state index in [-0.39, 0.29) is 0 Å². The van der Waals surface area contributed by atoms with Gasteiger partial charge in [-0.1, -0.05) is 31.7 Å². The molecule has 0 fully saturated rings. The number of allylic oxidation sites excluding steroid dienone is 5. The Bertz CT molecular complexity index is 164. The zero-order valence-corrected chi connectivity index (χ0v) is 8.68. The van der Waals surface area contributed by atoms with Gasteiger partial charge >= 0.3 is 0 Å². The quantitative estimate of drug-likeness (QED) is 0.525. The monoisotopic (exact) mass is 248 g/mol. The first-order valence-electron chi connectivity index (χ1n) is 3.37. The molecule has 0 bridgehead atoms. The molecule has 0 rings (SSSR count). The molecule has 10 heavy (non-hydrogen) atoms. The van der Waals surface area contributed by atoms with Crippen molar-refractivity contribution in [1.82, 2.24) is 0 Å². The molecule has 0 nitrogen and oxygen atoms in total. The van der Waals surface area contributed by atoms with E-state index in [1.807, 2.05) is 6.08 Å². The van der Waals surface area contributed by atoms with Crippen molar-refractivity contribution in [2.45, 2.75) is 20.3 Å². The van der Waals surface area contributed by atoms with Crippen LogP contribution in [0.4, 0.5) is 0 Å². The van der Waals surface area contributed by atoms with Crippen molar-refractivity contribution < 1.29 is 0 Å². The molecule has 56 valence electrons. The predicted molar refractivity (Wildman–Crippen MR) is 56.3 cm³/mol. The van der Waals surface area contributed by atoms with Gasteiger partial charge in [-0.05, 0) is 41.5 Å². The largest absolute Gasteiger partial charge is 0.0980 e. The van der Waals surface area contributed by atoms with Crippen LogP contribution in [0.15, 0.2) is 34.0 Å². The van der Waals surface area contributed by atoms with E-state index in [4.69, 9.17) is 0 Å². The Labute approximate surface area is 76.9 Å². The average molecular weight is 248 g/mol. The topological polar surface area (TPSA) is 0 Å². The summed E-state index contributed by atoms with van der Waals surface area (Å²) in [5.41, 5.74) is 1.29. The average Bonchev–Trinajstić information content (AvgIpc) is 1.98. The SMILES string of the molecule is C=C/C(I)=C(C)/C=C/CC. The van der Waals surface area contributed by atoms with E-state index < -0.39 is 0 Å². The van der Waals surface area contributed by atoms with Gasteiger partial charge in [0.1, 0.15) is 0 Å². The van der Waals surface area contributed by atoms with Crippen LogP contribution in [-0.2, 0) is 0 Å². The van der Waals surface area contributed by atoms with E-state index in [1.54, 1.807) is 0 Å². The Morgan fingerprint density at radius 3 is 2.60 bits per heavy atom. The fraction of sp³-hybridized carbons (Fsp3) is 0.333. The minimum absolute atomic E-state index is 1.10. The van der Waals surface area contributed by atoms with Gasteiger partial charge in [-0.2, -0.15) is 0 Å². The van der Waals surface area contributed by atoms with Crippen LogP contribution in [0.2, 0.25) is 0 Å². The lowest BCUT2D eigenvalue weighted by Crippen LogP contribution is -1.70. The van der Waals surface area contributed by atoms with Crippen LogP contribution in [0.25, 0.3) is 0 Å². The van der Waals surface area contributed by atoms with Gasteiger partial charge in [0, 0.05) is 3.58 Å². The highest BCUT2D eigenvalue weighted by Crippen LogP contribution is 2.14. The molecule has 0 unspecified atom stereocenters. The van der Waals surface area contributed by atoms with Crippen LogP contribution in [0.3, 0.4) is 0 Å². The first kappa shape index (κ1) is 9.95. The van der Waals surface area contributed by atoms with Gasteiger partial charge in [-0.15, -0.1) is 0 Å². The summed E-state index contributed by atoms with van der Waals surface area (Å²) >= 11 is 2.28. The number of rotatable bonds is 3. The molecule has 0 saturated heterocycles. The third-order valence-electron chi connectivity index (χ3n) is 1.16. The van der Waals surface area contributed by atoms with Gasteiger partial charge in [0.2, 0.25) is 0 Å². The van der Waals surface area contributed by atoms with Crippen molar-refractivity contribution in [3.63, 3.8) is 0 Å². The van der Waals surface area contributed by atoms with Crippen LogP contribution in [0.1, 0.15) is 20.3 Å². The maximum absolute atomic E-state index is 3.69. The Morgan fingerprint density at radius 1 is 1.60 bits per heavy atom. The molecule has 0 aromatic rings. The van der Waals surface area contributed by atoms with E-state index in [9.17, 15) is 0 Å². The lowest BCUT2D eigenvalue weighted by Gasteiger charge is -1.92. The zero-order chi connectivity index (χ0) is 7.98. The summed E-state index contributed by atoms with van der Waals surface area (Å²) in [6.07, 6.45) is 7.25. The molecule has 0 aliphatic heterocycles. The van der Waals surface area contributed by atoms with E-state index in [0.29, 0.717) is 0 Å². The third-order valence-corrected chi connectivity index (χ3v) is 2.45. The maximum Gasteiger partial charge on any atom is 0.0153 e. The van der Waals surface area contributed by atoms with Gasteiger partial charge in [-0.3, -0.25) is 0 Å². The highest BCUT2D eigenvalue weighted by atomic mass is 127. The highest BCUT2D eigenvalue weighted by Gasteiger charge is 1.86. The van der Waals surface area contributed by atoms with Gasteiger partial charge in [-0.25, -0.2) is 0 Å². The molecular formula is C9H13I. The predicted octanol–water partition coefficient (Wildman–Crippen LogP) is 3.85. The highest BCUT2D eigenvalue weighted by molar-refractivity contribution is 14.1. The second-order valence-electron chi connectivity index (χ2n) is 2.05. The molecule has 0 aliphatic carbocycles. The molecular weight excluding hydrogens is 235 g/mol. The van der Waals surface area contributed by atoms with Crippen molar-refractivity contribution in [1.29, 1.82) is 0 Å². The van der Waals surface area contributed by atoms with Crippen molar-refractivity contribution in [3.8, 4) is 0 Å². The molecule has 0 aliphatic rings. The van der Waals surface area contributed by atoms with Gasteiger partial charge < -0.3 is 0 Å². The number of hydrogen-bond donors (Lipinski definition) is 0. The van der Waals surface area contributed by atoms with Crippen LogP contribution in [-0.4, -0.2) is 0 Å². The first-order chi connectivity index (χ1) is 4.72. The fourth-order valence-electron chi connectivity index (χ4n) is 0.535. The van der Waals surface area contributed by atoms with Gasteiger partial charge in [0.25, 0.3) is 0 Å². The lowest BCUT2D eigenvalue weighted by atomic mass is 10.2. The fourth-order valence-corrected chi connectivity index (χ4v) is 0.715. The Hall–Kier alpha value is -0.0500. The maximum atomic E-state index is 3.69. The van der Waals surface area contributed by atoms with E-state index in [2.05, 4.69) is 55.2 Å². The molecule has 0 amide bonds. The molecule has 0 spiro atoms. The summed E-state index contributed by atoms with van der Waals surface area (Å²) in [5.74, 6) is 0. The molecule has 0 saturated carbocycles. The lowest BCUT2D eigenvalue weighted by molar-refractivity contribution is 1.22. The molecule has 0 radical (unpaired) electrons. The Kier molecular flexibility index (Phi) is 5.69. The van der Waals surface area contributed by atoms with Crippen molar-refractivity contribution in [2.24, 2.45) is 0 Å². The smallest absolute Gasteiger partial charge is 0.0153 e. The van der Waals surface area contributed by atoms with Crippen LogP contribution in [0.5, 0.6) is 0 Å². The molecule has 1 heteroatoms. The molecule has 0 aromatic heterocycles. The zero-order valence-electron chi connectivity index (χ0n) is 6.52. The third kappa shape index (κ3) is 3.88. The summed E-state index contributed by atoms with van der Waals surface area (Å²) in [6, 6.07) is 0. The standard InChI is InChI=1S/C9H13I/c1-4-6-7-8(3)9(10)5-2/h5-7H,2,4H2,1,3H3/b7-6+,9-8-.